The van der Waals surface area contributed by atoms with E-state index in [-0.39, 0.29) is 11.6 Å². The predicted molar refractivity (Wildman–Crippen MR) is 52.2 cm³/mol. The van der Waals surface area contributed by atoms with Crippen LogP contribution in [0.4, 0.5) is 4.79 Å². The number of urea groups is 1. The van der Waals surface area contributed by atoms with E-state index in [2.05, 4.69) is 5.32 Å². The smallest absolute Gasteiger partial charge is 0.319 e. The van der Waals surface area contributed by atoms with Crippen LogP contribution in [0.25, 0.3) is 0 Å². The Labute approximate surface area is 84.0 Å². The average molecular weight is 199 g/mol. The summed E-state index contributed by atoms with van der Waals surface area (Å²) >= 11 is 0. The maximum Gasteiger partial charge on any atom is 0.319 e. The lowest BCUT2D eigenvalue weighted by atomic mass is 9.94. The molecule has 0 aromatic heterocycles. The summed E-state index contributed by atoms with van der Waals surface area (Å²) in [7, 11) is 3.57. The highest BCUT2D eigenvalue weighted by molar-refractivity contribution is 5.74. The van der Waals surface area contributed by atoms with Crippen molar-refractivity contribution in [2.45, 2.75) is 5.54 Å². The van der Waals surface area contributed by atoms with E-state index in [0.717, 1.165) is 32.8 Å². The first kappa shape index (κ1) is 9.73. The molecule has 0 atom stereocenters. The summed E-state index contributed by atoms with van der Waals surface area (Å²) in [6, 6.07) is 0.0952. The third kappa shape index (κ3) is 1.57. The molecule has 0 aromatic rings. The van der Waals surface area contributed by atoms with Crippen LogP contribution in [0.1, 0.15) is 0 Å². The fraction of sp³-hybridized carbons (Fsp3) is 0.889. The van der Waals surface area contributed by atoms with E-state index in [9.17, 15) is 4.79 Å². The van der Waals surface area contributed by atoms with Crippen molar-refractivity contribution in [3.8, 4) is 0 Å². The van der Waals surface area contributed by atoms with Gasteiger partial charge in [0, 0.05) is 33.7 Å². The van der Waals surface area contributed by atoms with Gasteiger partial charge in [0.05, 0.1) is 18.8 Å². The van der Waals surface area contributed by atoms with Gasteiger partial charge >= 0.3 is 6.03 Å². The summed E-state index contributed by atoms with van der Waals surface area (Å²) < 4.78 is 5.19. The zero-order valence-electron chi connectivity index (χ0n) is 8.75. The summed E-state index contributed by atoms with van der Waals surface area (Å²) in [5, 5.41) is 3.42. The van der Waals surface area contributed by atoms with E-state index in [4.69, 9.17) is 4.74 Å². The van der Waals surface area contributed by atoms with Crippen LogP contribution in [-0.4, -0.2) is 68.3 Å². The molecule has 0 saturated carbocycles. The third-order valence-electron chi connectivity index (χ3n) is 2.79. The first-order valence-electron chi connectivity index (χ1n) is 4.92. The van der Waals surface area contributed by atoms with Crippen molar-refractivity contribution in [3.05, 3.63) is 0 Å². The van der Waals surface area contributed by atoms with E-state index < -0.39 is 0 Å². The monoisotopic (exact) mass is 199 g/mol. The fourth-order valence-electron chi connectivity index (χ4n) is 1.94. The van der Waals surface area contributed by atoms with Gasteiger partial charge in [-0.25, -0.2) is 4.79 Å². The van der Waals surface area contributed by atoms with Crippen LogP contribution in [0.15, 0.2) is 0 Å². The zero-order valence-corrected chi connectivity index (χ0v) is 8.75. The lowest BCUT2D eigenvalue weighted by Crippen LogP contribution is -2.71. The van der Waals surface area contributed by atoms with Gasteiger partial charge in [0.2, 0.25) is 0 Å². The molecule has 5 heteroatoms. The Bertz CT molecular complexity index is 238. The van der Waals surface area contributed by atoms with Gasteiger partial charge in [0.25, 0.3) is 0 Å². The van der Waals surface area contributed by atoms with Gasteiger partial charge in [0.15, 0.2) is 0 Å². The fourth-order valence-corrected chi connectivity index (χ4v) is 1.94. The Hall–Kier alpha value is -0.810. The summed E-state index contributed by atoms with van der Waals surface area (Å²) in [4.78, 5) is 15.2. The zero-order chi connectivity index (χ0) is 10.2. The highest BCUT2D eigenvalue weighted by Gasteiger charge is 2.43. The maximum absolute atomic E-state index is 11.7. The molecule has 2 rings (SSSR count). The predicted octanol–water partition coefficient (Wildman–Crippen LogP) is -0.658. The number of hydrogen-bond donors (Lipinski definition) is 1. The van der Waals surface area contributed by atoms with Gasteiger partial charge in [-0.15, -0.1) is 0 Å². The Morgan fingerprint density at radius 1 is 1.50 bits per heavy atom. The van der Waals surface area contributed by atoms with Crippen molar-refractivity contribution in [2.24, 2.45) is 0 Å². The van der Waals surface area contributed by atoms with E-state index in [0.29, 0.717) is 0 Å². The van der Waals surface area contributed by atoms with E-state index >= 15 is 0 Å². The van der Waals surface area contributed by atoms with E-state index in [1.54, 1.807) is 19.0 Å². The number of carbonyl (C=O) groups excluding carboxylic acids is 1. The minimum atomic E-state index is 0.0456. The topological polar surface area (TPSA) is 44.8 Å². The molecular weight excluding hydrogens is 182 g/mol. The largest absolute Gasteiger partial charge is 0.377 e. The normalized spacial score (nSPS) is 24.6. The van der Waals surface area contributed by atoms with Crippen LogP contribution < -0.4 is 5.32 Å². The Balaban J connectivity index is 1.97. The summed E-state index contributed by atoms with van der Waals surface area (Å²) in [5.41, 5.74) is 0.0456. The second-order valence-electron chi connectivity index (χ2n) is 4.30. The molecule has 2 aliphatic heterocycles. The van der Waals surface area contributed by atoms with Crippen LogP contribution >= 0.6 is 0 Å². The molecule has 0 bridgehead atoms. The van der Waals surface area contributed by atoms with Crippen molar-refractivity contribution in [1.29, 1.82) is 0 Å². The van der Waals surface area contributed by atoms with Gasteiger partial charge in [0.1, 0.15) is 0 Å². The van der Waals surface area contributed by atoms with Crippen LogP contribution in [0.5, 0.6) is 0 Å². The number of ether oxygens (including phenoxy) is 1. The molecular formula is C9H17N3O2. The molecule has 0 aromatic carbocycles. The van der Waals surface area contributed by atoms with Crippen LogP contribution in [0, 0.1) is 0 Å². The Morgan fingerprint density at radius 2 is 2.21 bits per heavy atom. The molecule has 2 heterocycles. The molecule has 0 aliphatic carbocycles. The molecule has 0 radical (unpaired) electrons. The number of amides is 2. The maximum atomic E-state index is 11.7. The average Bonchev–Trinajstić information content (AvgIpc) is 2.14. The second kappa shape index (κ2) is 3.40. The van der Waals surface area contributed by atoms with E-state index in [1.165, 1.54) is 0 Å². The minimum absolute atomic E-state index is 0.0456. The molecule has 1 spiro atoms. The standard InChI is InChI=1S/C9H17N3O2/c1-11(2)8(13)12-4-3-10-9(5-12)6-14-7-9/h10H,3-7H2,1-2H3. The summed E-state index contributed by atoms with van der Waals surface area (Å²) in [6.07, 6.45) is 0. The van der Waals surface area contributed by atoms with Crippen LogP contribution in [-0.2, 0) is 4.74 Å². The highest BCUT2D eigenvalue weighted by atomic mass is 16.5. The molecule has 2 saturated heterocycles. The number of nitrogens with one attached hydrogen (secondary N) is 1. The molecule has 2 amide bonds. The lowest BCUT2D eigenvalue weighted by Gasteiger charge is -2.49. The Morgan fingerprint density at radius 3 is 2.71 bits per heavy atom. The number of hydrogen-bond acceptors (Lipinski definition) is 3. The van der Waals surface area contributed by atoms with Gasteiger partial charge in [-0.05, 0) is 0 Å². The molecule has 5 nitrogen and oxygen atoms in total. The van der Waals surface area contributed by atoms with Gasteiger partial charge in [-0.2, -0.15) is 0 Å². The van der Waals surface area contributed by atoms with Crippen molar-refractivity contribution in [2.75, 3.05) is 46.9 Å². The van der Waals surface area contributed by atoms with Crippen molar-refractivity contribution in [3.63, 3.8) is 0 Å². The number of carbonyl (C=O) groups is 1. The molecule has 2 fully saturated rings. The van der Waals surface area contributed by atoms with Gasteiger partial charge < -0.3 is 19.9 Å². The van der Waals surface area contributed by atoms with Gasteiger partial charge in [-0.1, -0.05) is 0 Å². The molecule has 2 aliphatic rings. The number of nitrogens with zero attached hydrogens (tertiary/aromatic N) is 2. The Kier molecular flexibility index (Phi) is 2.36. The number of rotatable bonds is 0. The molecule has 80 valence electrons. The lowest BCUT2D eigenvalue weighted by molar-refractivity contribution is -0.0948. The van der Waals surface area contributed by atoms with Crippen molar-refractivity contribution in [1.82, 2.24) is 15.1 Å². The molecule has 14 heavy (non-hydrogen) atoms. The molecule has 1 N–H and O–H groups in total. The van der Waals surface area contributed by atoms with Crippen LogP contribution in [0.2, 0.25) is 0 Å². The minimum Gasteiger partial charge on any atom is -0.377 e. The SMILES string of the molecule is CN(C)C(=O)N1CCNC2(COC2)C1. The van der Waals surface area contributed by atoms with Gasteiger partial charge in [-0.3, -0.25) is 0 Å². The quantitative estimate of drug-likeness (QED) is 0.563. The van der Waals surface area contributed by atoms with E-state index in [1.807, 2.05) is 4.90 Å². The van der Waals surface area contributed by atoms with Crippen molar-refractivity contribution < 1.29 is 9.53 Å². The number of piperazine rings is 1. The summed E-state index contributed by atoms with van der Waals surface area (Å²) in [5.74, 6) is 0. The third-order valence-corrected chi connectivity index (χ3v) is 2.79. The highest BCUT2D eigenvalue weighted by Crippen LogP contribution is 2.21. The summed E-state index contributed by atoms with van der Waals surface area (Å²) in [6.45, 7) is 3.88. The first-order valence-corrected chi connectivity index (χ1v) is 4.92. The molecule has 0 unspecified atom stereocenters. The van der Waals surface area contributed by atoms with Crippen LogP contribution in [0.3, 0.4) is 0 Å². The second-order valence-corrected chi connectivity index (χ2v) is 4.30. The van der Waals surface area contributed by atoms with Crippen molar-refractivity contribution >= 4 is 6.03 Å². The first-order chi connectivity index (χ1) is 6.63.